The highest BCUT2D eigenvalue weighted by Crippen LogP contribution is 2.32. The van der Waals surface area contributed by atoms with E-state index in [-0.39, 0.29) is 5.91 Å². The van der Waals surface area contributed by atoms with Gasteiger partial charge in [0.1, 0.15) is 12.3 Å². The van der Waals surface area contributed by atoms with Gasteiger partial charge in [0.15, 0.2) is 11.5 Å². The minimum Gasteiger partial charge on any atom is -0.490 e. The molecule has 0 atom stereocenters. The molecule has 1 aliphatic heterocycles. The lowest BCUT2D eigenvalue weighted by Gasteiger charge is -2.13. The fraction of sp³-hybridized carbons (Fsp3) is 0.0968. The van der Waals surface area contributed by atoms with Crippen LogP contribution in [0.25, 0.3) is 6.08 Å². The van der Waals surface area contributed by atoms with Crippen molar-refractivity contribution in [3.63, 3.8) is 0 Å². The zero-order chi connectivity index (χ0) is 24.7. The number of carbonyl (C=O) groups is 1. The SMILES string of the molecule is CCOc1cc(/C=C2\C(=O)N(c3ccccc3)N=C2c2ccccc2)ccc1OCc1ccccc1. The third-order valence-electron chi connectivity index (χ3n) is 5.74. The van der Waals surface area contributed by atoms with E-state index in [9.17, 15) is 4.79 Å². The topological polar surface area (TPSA) is 51.1 Å². The van der Waals surface area contributed by atoms with Gasteiger partial charge in [-0.2, -0.15) is 10.1 Å². The van der Waals surface area contributed by atoms with Gasteiger partial charge < -0.3 is 9.47 Å². The second kappa shape index (κ2) is 10.7. The van der Waals surface area contributed by atoms with Crippen molar-refractivity contribution in [2.75, 3.05) is 11.6 Å². The molecule has 5 nitrogen and oxygen atoms in total. The Hall–Kier alpha value is -4.64. The number of anilines is 1. The first-order chi connectivity index (χ1) is 17.7. The van der Waals surface area contributed by atoms with Crippen LogP contribution in [-0.2, 0) is 11.4 Å². The van der Waals surface area contributed by atoms with Gasteiger partial charge in [0.05, 0.1) is 17.9 Å². The molecule has 0 unspecified atom stereocenters. The molecule has 178 valence electrons. The lowest BCUT2D eigenvalue weighted by Crippen LogP contribution is -2.21. The smallest absolute Gasteiger partial charge is 0.281 e. The Bertz CT molecular complexity index is 1400. The Morgan fingerprint density at radius 2 is 1.44 bits per heavy atom. The third kappa shape index (κ3) is 5.05. The third-order valence-corrected chi connectivity index (χ3v) is 5.74. The van der Waals surface area contributed by atoms with Crippen LogP contribution in [0, 0.1) is 0 Å². The zero-order valence-electron chi connectivity index (χ0n) is 20.0. The van der Waals surface area contributed by atoms with Gasteiger partial charge >= 0.3 is 0 Å². The fourth-order valence-electron chi connectivity index (χ4n) is 4.00. The van der Waals surface area contributed by atoms with E-state index in [2.05, 4.69) is 0 Å². The van der Waals surface area contributed by atoms with Gasteiger partial charge in [-0.1, -0.05) is 84.9 Å². The fourth-order valence-corrected chi connectivity index (χ4v) is 4.00. The van der Waals surface area contributed by atoms with E-state index in [1.165, 1.54) is 5.01 Å². The summed E-state index contributed by atoms with van der Waals surface area (Å²) in [6.07, 6.45) is 1.86. The first-order valence-electron chi connectivity index (χ1n) is 11.9. The number of rotatable bonds is 8. The minimum absolute atomic E-state index is 0.178. The van der Waals surface area contributed by atoms with Crippen molar-refractivity contribution >= 4 is 23.4 Å². The highest BCUT2D eigenvalue weighted by atomic mass is 16.5. The van der Waals surface area contributed by atoms with Crippen molar-refractivity contribution in [2.24, 2.45) is 5.10 Å². The van der Waals surface area contributed by atoms with Crippen LogP contribution in [0.1, 0.15) is 23.6 Å². The normalized spacial score (nSPS) is 14.1. The number of para-hydroxylation sites is 1. The molecule has 5 heteroatoms. The zero-order valence-corrected chi connectivity index (χ0v) is 20.0. The number of nitrogens with zero attached hydrogens (tertiary/aromatic N) is 2. The van der Waals surface area contributed by atoms with Crippen molar-refractivity contribution in [1.82, 2.24) is 0 Å². The summed E-state index contributed by atoms with van der Waals surface area (Å²) in [5, 5.41) is 6.16. The van der Waals surface area contributed by atoms with Crippen LogP contribution in [0.4, 0.5) is 5.69 Å². The predicted molar refractivity (Wildman–Crippen MR) is 143 cm³/mol. The van der Waals surface area contributed by atoms with E-state index >= 15 is 0 Å². The molecule has 0 N–H and O–H groups in total. The van der Waals surface area contributed by atoms with Crippen molar-refractivity contribution < 1.29 is 14.3 Å². The monoisotopic (exact) mass is 474 g/mol. The summed E-state index contributed by atoms with van der Waals surface area (Å²) in [4.78, 5) is 13.5. The second-order valence-corrected chi connectivity index (χ2v) is 8.24. The maximum absolute atomic E-state index is 13.5. The van der Waals surface area contributed by atoms with Crippen LogP contribution in [0.3, 0.4) is 0 Å². The van der Waals surface area contributed by atoms with Gasteiger partial charge in [-0.25, -0.2) is 0 Å². The molecule has 1 heterocycles. The summed E-state index contributed by atoms with van der Waals surface area (Å²) in [5.41, 5.74) is 4.65. The number of hydrazone groups is 1. The van der Waals surface area contributed by atoms with E-state index in [4.69, 9.17) is 14.6 Å². The number of amides is 1. The van der Waals surface area contributed by atoms with Crippen molar-refractivity contribution in [3.05, 3.63) is 131 Å². The number of benzene rings is 4. The Morgan fingerprint density at radius 3 is 2.14 bits per heavy atom. The average Bonchev–Trinajstić information content (AvgIpc) is 3.25. The van der Waals surface area contributed by atoms with Crippen molar-refractivity contribution in [2.45, 2.75) is 13.5 Å². The average molecular weight is 475 g/mol. The number of carbonyl (C=O) groups excluding carboxylic acids is 1. The van der Waals surface area contributed by atoms with E-state index in [1.807, 2.05) is 122 Å². The summed E-state index contributed by atoms with van der Waals surface area (Å²) in [5.74, 6) is 1.11. The molecular formula is C31H26N2O3. The lowest BCUT2D eigenvalue weighted by atomic mass is 10.00. The van der Waals surface area contributed by atoms with Crippen LogP contribution in [0.2, 0.25) is 0 Å². The molecule has 0 saturated carbocycles. The van der Waals surface area contributed by atoms with E-state index in [0.29, 0.717) is 36.0 Å². The van der Waals surface area contributed by atoms with Gasteiger partial charge in [0.25, 0.3) is 5.91 Å². The molecule has 5 rings (SSSR count). The summed E-state index contributed by atoms with van der Waals surface area (Å²) in [6, 6.07) is 34.9. The van der Waals surface area contributed by atoms with Gasteiger partial charge in [0.2, 0.25) is 0 Å². The lowest BCUT2D eigenvalue weighted by molar-refractivity contribution is -0.114. The minimum atomic E-state index is -0.178. The molecule has 1 aliphatic rings. The maximum Gasteiger partial charge on any atom is 0.281 e. The molecule has 0 aliphatic carbocycles. The Morgan fingerprint density at radius 1 is 0.778 bits per heavy atom. The molecule has 0 fully saturated rings. The Labute approximate surface area is 210 Å². The number of hydrogen-bond donors (Lipinski definition) is 0. The largest absolute Gasteiger partial charge is 0.490 e. The predicted octanol–water partition coefficient (Wildman–Crippen LogP) is 6.50. The molecule has 4 aromatic carbocycles. The van der Waals surface area contributed by atoms with Crippen LogP contribution in [0.15, 0.2) is 120 Å². The van der Waals surface area contributed by atoms with E-state index in [0.717, 1.165) is 22.4 Å². The first kappa shape index (κ1) is 23.1. The van der Waals surface area contributed by atoms with E-state index < -0.39 is 0 Å². The van der Waals surface area contributed by atoms with Gasteiger partial charge in [0, 0.05) is 5.56 Å². The quantitative estimate of drug-likeness (QED) is 0.274. The Balaban J connectivity index is 1.49. The van der Waals surface area contributed by atoms with Crippen LogP contribution >= 0.6 is 0 Å². The highest BCUT2D eigenvalue weighted by Gasteiger charge is 2.32. The molecule has 0 radical (unpaired) electrons. The molecule has 36 heavy (non-hydrogen) atoms. The standard InChI is InChI=1S/C31H26N2O3/c1-2-35-29-21-24(18-19-28(29)36-22-23-12-6-3-7-13-23)20-27-30(25-14-8-4-9-15-25)32-33(31(27)34)26-16-10-5-11-17-26/h3-21H,2,22H2,1H3/b27-20-. The van der Waals surface area contributed by atoms with Crippen LogP contribution in [0.5, 0.6) is 11.5 Å². The van der Waals surface area contributed by atoms with Crippen molar-refractivity contribution in [3.8, 4) is 11.5 Å². The first-order valence-corrected chi connectivity index (χ1v) is 11.9. The second-order valence-electron chi connectivity index (χ2n) is 8.24. The van der Waals surface area contributed by atoms with Crippen molar-refractivity contribution in [1.29, 1.82) is 0 Å². The molecule has 0 saturated heterocycles. The molecule has 0 bridgehead atoms. The van der Waals surface area contributed by atoms with Gasteiger partial charge in [-0.15, -0.1) is 0 Å². The maximum atomic E-state index is 13.5. The number of hydrogen-bond acceptors (Lipinski definition) is 4. The van der Waals surface area contributed by atoms with Crippen LogP contribution < -0.4 is 14.5 Å². The summed E-state index contributed by atoms with van der Waals surface area (Å²) in [6.45, 7) is 2.88. The van der Waals surface area contributed by atoms with E-state index in [1.54, 1.807) is 0 Å². The molecule has 0 aromatic heterocycles. The summed E-state index contributed by atoms with van der Waals surface area (Å²) >= 11 is 0. The summed E-state index contributed by atoms with van der Waals surface area (Å²) in [7, 11) is 0. The summed E-state index contributed by atoms with van der Waals surface area (Å²) < 4.78 is 11.9. The van der Waals surface area contributed by atoms with Gasteiger partial charge in [-0.05, 0) is 48.4 Å². The molecule has 0 spiro atoms. The highest BCUT2D eigenvalue weighted by molar-refractivity contribution is 6.37. The molecule has 4 aromatic rings. The molecular weight excluding hydrogens is 448 g/mol. The molecule has 1 amide bonds. The van der Waals surface area contributed by atoms with Crippen LogP contribution in [-0.4, -0.2) is 18.2 Å². The van der Waals surface area contributed by atoms with Gasteiger partial charge in [-0.3, -0.25) is 4.79 Å². The number of ether oxygens (including phenoxy) is 2. The Kier molecular flexibility index (Phi) is 6.90.